The van der Waals surface area contributed by atoms with Crippen molar-refractivity contribution in [2.24, 2.45) is 0 Å². The van der Waals surface area contributed by atoms with E-state index in [2.05, 4.69) is 10.4 Å². The summed E-state index contributed by atoms with van der Waals surface area (Å²) < 4.78 is 14.3. The van der Waals surface area contributed by atoms with Crippen LogP contribution in [0.4, 0.5) is 4.39 Å². The molecule has 7 heteroatoms. The molecule has 0 bridgehead atoms. The highest BCUT2D eigenvalue weighted by Crippen LogP contribution is 2.23. The number of aliphatic hydroxyl groups excluding tert-OH is 1. The summed E-state index contributed by atoms with van der Waals surface area (Å²) in [5.41, 5.74) is 1.24. The number of aryl methyl sites for hydroxylation is 1. The number of amides is 1. The Kier molecular flexibility index (Phi) is 4.59. The molecular formula is C14H15ClFN3O2. The van der Waals surface area contributed by atoms with Crippen LogP contribution in [0.25, 0.3) is 5.69 Å². The summed E-state index contributed by atoms with van der Waals surface area (Å²) in [7, 11) is 0. The van der Waals surface area contributed by atoms with Gasteiger partial charge in [0, 0.05) is 6.04 Å². The van der Waals surface area contributed by atoms with Gasteiger partial charge in [0.25, 0.3) is 5.91 Å². The Labute approximate surface area is 126 Å². The van der Waals surface area contributed by atoms with Crippen LogP contribution in [-0.4, -0.2) is 33.4 Å². The lowest BCUT2D eigenvalue weighted by atomic mass is 10.2. The van der Waals surface area contributed by atoms with Crippen LogP contribution in [0.15, 0.2) is 24.3 Å². The van der Waals surface area contributed by atoms with Crippen molar-refractivity contribution in [2.75, 3.05) is 6.61 Å². The molecule has 5 nitrogen and oxygen atoms in total. The Bertz CT molecular complexity index is 655. The van der Waals surface area contributed by atoms with Gasteiger partial charge in [0.15, 0.2) is 0 Å². The largest absolute Gasteiger partial charge is 0.394 e. The Hall–Kier alpha value is -1.92. The monoisotopic (exact) mass is 311 g/mol. The number of hydrogen-bond acceptors (Lipinski definition) is 3. The lowest BCUT2D eigenvalue weighted by Gasteiger charge is -2.10. The molecule has 1 amide bonds. The third-order valence-electron chi connectivity index (χ3n) is 2.95. The molecule has 0 aliphatic heterocycles. The zero-order valence-corrected chi connectivity index (χ0v) is 12.4. The second-order valence-electron chi connectivity index (χ2n) is 4.70. The molecule has 1 atom stereocenters. The average molecular weight is 312 g/mol. The van der Waals surface area contributed by atoms with Crippen LogP contribution in [-0.2, 0) is 0 Å². The van der Waals surface area contributed by atoms with Gasteiger partial charge in [-0.1, -0.05) is 11.6 Å². The molecule has 0 spiro atoms. The quantitative estimate of drug-likeness (QED) is 0.908. The lowest BCUT2D eigenvalue weighted by Crippen LogP contribution is -2.35. The molecule has 2 N–H and O–H groups in total. The van der Waals surface area contributed by atoms with Gasteiger partial charge in [-0.2, -0.15) is 5.10 Å². The molecule has 1 aromatic carbocycles. The first-order valence-corrected chi connectivity index (χ1v) is 6.74. The molecule has 0 fully saturated rings. The number of carbonyl (C=O) groups excluding carboxylic acids is 1. The molecule has 112 valence electrons. The van der Waals surface area contributed by atoms with Crippen LogP contribution in [0.1, 0.15) is 23.0 Å². The molecule has 1 heterocycles. The second-order valence-corrected chi connectivity index (χ2v) is 5.05. The summed E-state index contributed by atoms with van der Waals surface area (Å²) in [6.07, 6.45) is 0. The second kappa shape index (κ2) is 6.24. The lowest BCUT2D eigenvalue weighted by molar-refractivity contribution is 0.0922. The first-order valence-electron chi connectivity index (χ1n) is 6.36. The highest BCUT2D eigenvalue weighted by Gasteiger charge is 2.22. The molecule has 1 aromatic heterocycles. The molecular weight excluding hydrogens is 297 g/mol. The average Bonchev–Trinajstić information content (AvgIpc) is 2.74. The summed E-state index contributed by atoms with van der Waals surface area (Å²) in [6.45, 7) is 3.16. The Morgan fingerprint density at radius 3 is 2.67 bits per heavy atom. The number of nitrogens with one attached hydrogen (secondary N) is 1. The normalized spacial score (nSPS) is 12.2. The van der Waals surface area contributed by atoms with Gasteiger partial charge in [0.2, 0.25) is 0 Å². The third-order valence-corrected chi connectivity index (χ3v) is 3.30. The van der Waals surface area contributed by atoms with Crippen molar-refractivity contribution in [3.05, 3.63) is 46.5 Å². The molecule has 0 saturated heterocycles. The highest BCUT2D eigenvalue weighted by atomic mass is 35.5. The third kappa shape index (κ3) is 3.22. The number of halogens is 2. The SMILES string of the molecule is Cc1nn(-c2ccc(F)cc2)c(Cl)c1C(=O)NC(C)CO. The number of nitrogens with zero attached hydrogens (tertiary/aromatic N) is 2. The Balaban J connectivity index is 2.37. The minimum absolute atomic E-state index is 0.141. The van der Waals surface area contributed by atoms with Gasteiger partial charge in [0.1, 0.15) is 11.0 Å². The highest BCUT2D eigenvalue weighted by molar-refractivity contribution is 6.33. The smallest absolute Gasteiger partial charge is 0.256 e. The summed E-state index contributed by atoms with van der Waals surface area (Å²) >= 11 is 6.21. The van der Waals surface area contributed by atoms with Crippen molar-refractivity contribution >= 4 is 17.5 Å². The first kappa shape index (κ1) is 15.5. The van der Waals surface area contributed by atoms with E-state index in [0.29, 0.717) is 11.4 Å². The fourth-order valence-corrected chi connectivity index (χ4v) is 2.21. The van der Waals surface area contributed by atoms with Crippen molar-refractivity contribution < 1.29 is 14.3 Å². The molecule has 0 radical (unpaired) electrons. The summed E-state index contributed by atoms with van der Waals surface area (Å²) in [6, 6.07) is 5.23. The molecule has 2 rings (SSSR count). The number of hydrogen-bond donors (Lipinski definition) is 2. The summed E-state index contributed by atoms with van der Waals surface area (Å²) in [4.78, 5) is 12.1. The molecule has 0 saturated carbocycles. The van der Waals surface area contributed by atoms with Crippen molar-refractivity contribution in [3.8, 4) is 5.69 Å². The van der Waals surface area contributed by atoms with Crippen molar-refractivity contribution in [1.29, 1.82) is 0 Å². The van der Waals surface area contributed by atoms with Crippen LogP contribution in [0.5, 0.6) is 0 Å². The predicted octanol–water partition coefficient (Wildman–Crippen LogP) is 2.08. The summed E-state index contributed by atoms with van der Waals surface area (Å²) in [5, 5.41) is 15.9. The van der Waals surface area contributed by atoms with E-state index in [9.17, 15) is 9.18 Å². The van der Waals surface area contributed by atoms with Gasteiger partial charge in [-0.15, -0.1) is 0 Å². The van der Waals surface area contributed by atoms with E-state index in [-0.39, 0.29) is 29.2 Å². The van der Waals surface area contributed by atoms with Gasteiger partial charge >= 0.3 is 0 Å². The van der Waals surface area contributed by atoms with Crippen molar-refractivity contribution in [1.82, 2.24) is 15.1 Å². The molecule has 21 heavy (non-hydrogen) atoms. The number of aromatic nitrogens is 2. The van der Waals surface area contributed by atoms with Crippen LogP contribution >= 0.6 is 11.6 Å². The zero-order valence-electron chi connectivity index (χ0n) is 11.6. The number of benzene rings is 1. The number of carbonyl (C=O) groups is 1. The molecule has 2 aromatic rings. The zero-order chi connectivity index (χ0) is 15.6. The van der Waals surface area contributed by atoms with Crippen LogP contribution in [0, 0.1) is 12.7 Å². The fraction of sp³-hybridized carbons (Fsp3) is 0.286. The van der Waals surface area contributed by atoms with Crippen molar-refractivity contribution in [2.45, 2.75) is 19.9 Å². The predicted molar refractivity (Wildman–Crippen MR) is 77.3 cm³/mol. The standard InChI is InChI=1S/C14H15ClFN3O2/c1-8(7-20)17-14(21)12-9(2)18-19(13(12)15)11-5-3-10(16)4-6-11/h3-6,8,20H,7H2,1-2H3,(H,17,21). The van der Waals surface area contributed by atoms with E-state index in [1.165, 1.54) is 28.9 Å². The summed E-state index contributed by atoms with van der Waals surface area (Å²) in [5.74, 6) is -0.777. The number of rotatable bonds is 4. The van der Waals surface area contributed by atoms with E-state index in [4.69, 9.17) is 16.7 Å². The van der Waals surface area contributed by atoms with Gasteiger partial charge in [-0.25, -0.2) is 9.07 Å². The van der Waals surface area contributed by atoms with Crippen LogP contribution in [0.3, 0.4) is 0 Å². The van der Waals surface area contributed by atoms with Gasteiger partial charge < -0.3 is 10.4 Å². The van der Waals surface area contributed by atoms with E-state index >= 15 is 0 Å². The van der Waals surface area contributed by atoms with Gasteiger partial charge in [-0.3, -0.25) is 4.79 Å². The van der Waals surface area contributed by atoms with E-state index in [1.807, 2.05) is 0 Å². The Morgan fingerprint density at radius 2 is 2.10 bits per heavy atom. The maximum Gasteiger partial charge on any atom is 0.256 e. The maximum atomic E-state index is 12.9. The van der Waals surface area contributed by atoms with E-state index in [1.54, 1.807) is 13.8 Å². The minimum Gasteiger partial charge on any atom is -0.394 e. The minimum atomic E-state index is -0.410. The number of aliphatic hydroxyl groups is 1. The Morgan fingerprint density at radius 1 is 1.48 bits per heavy atom. The van der Waals surface area contributed by atoms with Gasteiger partial charge in [0.05, 0.1) is 23.6 Å². The fourth-order valence-electron chi connectivity index (χ4n) is 1.85. The molecule has 1 unspecified atom stereocenters. The topological polar surface area (TPSA) is 67.2 Å². The van der Waals surface area contributed by atoms with Crippen LogP contribution in [0.2, 0.25) is 5.15 Å². The molecule has 0 aliphatic carbocycles. The van der Waals surface area contributed by atoms with E-state index in [0.717, 1.165) is 0 Å². The van der Waals surface area contributed by atoms with Gasteiger partial charge in [-0.05, 0) is 38.1 Å². The van der Waals surface area contributed by atoms with E-state index < -0.39 is 5.91 Å². The molecule has 0 aliphatic rings. The van der Waals surface area contributed by atoms with Crippen LogP contribution < -0.4 is 5.32 Å². The van der Waals surface area contributed by atoms with Crippen molar-refractivity contribution in [3.63, 3.8) is 0 Å². The maximum absolute atomic E-state index is 12.9. The first-order chi connectivity index (χ1) is 9.93.